The van der Waals surface area contributed by atoms with Crippen LogP contribution in [0.5, 0.6) is 0 Å². The molecule has 0 aliphatic heterocycles. The number of hydrogen-bond acceptors (Lipinski definition) is 5. The van der Waals surface area contributed by atoms with Gasteiger partial charge in [-0.05, 0) is 38.6 Å². The fourth-order valence-corrected chi connectivity index (χ4v) is 2.05. The molecule has 1 unspecified atom stereocenters. The van der Waals surface area contributed by atoms with Crippen LogP contribution in [0.25, 0.3) is 0 Å². The number of aliphatic hydroxyl groups excluding tert-OH is 1. The van der Waals surface area contributed by atoms with Crippen molar-refractivity contribution in [2.24, 2.45) is 0 Å². The molecular formula is C11H20N2O4S. The summed E-state index contributed by atoms with van der Waals surface area (Å²) in [6.45, 7) is 3.02. The van der Waals surface area contributed by atoms with E-state index in [1.165, 1.54) is 13.1 Å². The third-order valence-electron chi connectivity index (χ3n) is 2.60. The van der Waals surface area contributed by atoms with Crippen molar-refractivity contribution in [1.29, 1.82) is 0 Å². The summed E-state index contributed by atoms with van der Waals surface area (Å²) >= 11 is 0. The summed E-state index contributed by atoms with van der Waals surface area (Å²) in [4.78, 5) is 0. The Balaban J connectivity index is 2.41. The molecule has 1 aromatic rings. The number of furan rings is 1. The van der Waals surface area contributed by atoms with Crippen molar-refractivity contribution in [1.82, 2.24) is 10.0 Å². The van der Waals surface area contributed by atoms with Crippen LogP contribution >= 0.6 is 0 Å². The van der Waals surface area contributed by atoms with Gasteiger partial charge in [0.2, 0.25) is 5.09 Å². The van der Waals surface area contributed by atoms with Crippen molar-refractivity contribution in [2.45, 2.75) is 37.5 Å². The Hall–Kier alpha value is -0.890. The molecule has 0 spiro atoms. The van der Waals surface area contributed by atoms with Gasteiger partial charge in [-0.25, -0.2) is 13.1 Å². The summed E-state index contributed by atoms with van der Waals surface area (Å²) in [6, 6.07) is 3.04. The van der Waals surface area contributed by atoms with Gasteiger partial charge < -0.3 is 14.8 Å². The van der Waals surface area contributed by atoms with Crippen LogP contribution < -0.4 is 10.0 Å². The van der Waals surface area contributed by atoms with Crippen LogP contribution in [0.2, 0.25) is 0 Å². The number of hydrogen-bond donors (Lipinski definition) is 3. The Morgan fingerprint density at radius 1 is 1.44 bits per heavy atom. The van der Waals surface area contributed by atoms with Crippen LogP contribution in [0.15, 0.2) is 21.6 Å². The van der Waals surface area contributed by atoms with Gasteiger partial charge in [-0.2, -0.15) is 0 Å². The maximum Gasteiger partial charge on any atom is 0.273 e. The van der Waals surface area contributed by atoms with Crippen LogP contribution in [0.3, 0.4) is 0 Å². The van der Waals surface area contributed by atoms with Crippen molar-refractivity contribution in [2.75, 3.05) is 13.6 Å². The molecule has 0 aromatic carbocycles. The van der Waals surface area contributed by atoms with E-state index in [1.807, 2.05) is 6.92 Å². The van der Waals surface area contributed by atoms with E-state index in [0.29, 0.717) is 25.3 Å². The summed E-state index contributed by atoms with van der Waals surface area (Å²) < 4.78 is 30.2. The minimum Gasteiger partial charge on any atom is -0.447 e. The molecule has 0 saturated heterocycles. The molecule has 6 nitrogen and oxygen atoms in total. The van der Waals surface area contributed by atoms with Gasteiger partial charge in [-0.1, -0.05) is 6.92 Å². The van der Waals surface area contributed by atoms with Gasteiger partial charge in [-0.3, -0.25) is 0 Å². The molecule has 1 aromatic heterocycles. The van der Waals surface area contributed by atoms with E-state index in [0.717, 1.165) is 6.42 Å². The quantitative estimate of drug-likeness (QED) is 0.599. The highest BCUT2D eigenvalue weighted by Gasteiger charge is 2.15. The Bertz CT molecular complexity index is 455. The van der Waals surface area contributed by atoms with Gasteiger partial charge >= 0.3 is 0 Å². The monoisotopic (exact) mass is 276 g/mol. The molecule has 0 saturated carbocycles. The second kappa shape index (κ2) is 6.89. The third-order valence-corrected chi connectivity index (χ3v) is 3.88. The van der Waals surface area contributed by atoms with Gasteiger partial charge in [0.25, 0.3) is 10.0 Å². The van der Waals surface area contributed by atoms with E-state index in [-0.39, 0.29) is 11.2 Å². The normalized spacial score (nSPS) is 13.7. The summed E-state index contributed by atoms with van der Waals surface area (Å²) in [5.74, 6) is 0.551. The second-order valence-corrected chi connectivity index (χ2v) is 5.77. The van der Waals surface area contributed by atoms with E-state index in [4.69, 9.17) is 4.42 Å². The van der Waals surface area contributed by atoms with Gasteiger partial charge in [0.15, 0.2) is 0 Å². The first-order valence-electron chi connectivity index (χ1n) is 5.90. The number of rotatable bonds is 8. The van der Waals surface area contributed by atoms with Crippen molar-refractivity contribution >= 4 is 10.0 Å². The molecule has 7 heteroatoms. The number of nitrogens with one attached hydrogen (secondary N) is 2. The Morgan fingerprint density at radius 3 is 2.78 bits per heavy atom. The first-order chi connectivity index (χ1) is 8.49. The average Bonchev–Trinajstić information content (AvgIpc) is 2.83. The van der Waals surface area contributed by atoms with Gasteiger partial charge in [0.1, 0.15) is 5.76 Å². The zero-order valence-electron chi connectivity index (χ0n) is 10.6. The fraction of sp³-hybridized carbons (Fsp3) is 0.636. The van der Waals surface area contributed by atoms with E-state index in [1.54, 1.807) is 6.07 Å². The van der Waals surface area contributed by atoms with Crippen LogP contribution in [0, 0.1) is 0 Å². The number of sulfonamides is 1. The highest BCUT2D eigenvalue weighted by molar-refractivity contribution is 7.89. The Morgan fingerprint density at radius 2 is 2.17 bits per heavy atom. The fourth-order valence-electron chi connectivity index (χ4n) is 1.38. The molecule has 0 aliphatic carbocycles. The predicted octanol–water partition coefficient (Wildman–Crippen LogP) is 0.438. The molecule has 104 valence electrons. The van der Waals surface area contributed by atoms with E-state index < -0.39 is 10.0 Å². The number of aliphatic hydroxyl groups is 1. The van der Waals surface area contributed by atoms with Crippen molar-refractivity contribution in [3.05, 3.63) is 17.9 Å². The van der Waals surface area contributed by atoms with Gasteiger partial charge in [0, 0.05) is 0 Å². The minimum atomic E-state index is -3.51. The summed E-state index contributed by atoms with van der Waals surface area (Å²) in [5, 5.41) is 12.3. The molecular weight excluding hydrogens is 256 g/mol. The Labute approximate surface area is 107 Å². The maximum atomic E-state index is 11.4. The van der Waals surface area contributed by atoms with Crippen LogP contribution in [0.1, 0.15) is 25.5 Å². The molecule has 1 heterocycles. The van der Waals surface area contributed by atoms with Crippen LogP contribution in [-0.2, 0) is 16.6 Å². The maximum absolute atomic E-state index is 11.4. The van der Waals surface area contributed by atoms with Crippen molar-refractivity contribution in [3.8, 4) is 0 Å². The largest absolute Gasteiger partial charge is 0.447 e. The van der Waals surface area contributed by atoms with Crippen molar-refractivity contribution < 1.29 is 17.9 Å². The predicted molar refractivity (Wildman–Crippen MR) is 67.6 cm³/mol. The lowest BCUT2D eigenvalue weighted by Crippen LogP contribution is -2.19. The summed E-state index contributed by atoms with van der Waals surface area (Å²) in [7, 11) is -2.17. The van der Waals surface area contributed by atoms with E-state index >= 15 is 0 Å². The molecule has 0 radical (unpaired) electrons. The molecule has 18 heavy (non-hydrogen) atoms. The zero-order chi connectivity index (χ0) is 13.6. The zero-order valence-corrected chi connectivity index (χ0v) is 11.5. The topological polar surface area (TPSA) is 91.6 Å². The molecule has 3 N–H and O–H groups in total. The third kappa shape index (κ3) is 4.41. The minimum absolute atomic E-state index is 0.0876. The summed E-state index contributed by atoms with van der Waals surface area (Å²) in [5.41, 5.74) is 0. The standard InChI is InChI=1S/C11H20N2O4S/c1-3-9(14)6-7-13-8-10-4-5-11(17-10)18(15,16)12-2/h4-5,9,12-14H,3,6-8H2,1-2H3. The second-order valence-electron chi connectivity index (χ2n) is 3.96. The lowest BCUT2D eigenvalue weighted by atomic mass is 10.2. The first kappa shape index (κ1) is 15.2. The van der Waals surface area contributed by atoms with Gasteiger partial charge in [0.05, 0.1) is 12.6 Å². The van der Waals surface area contributed by atoms with Crippen molar-refractivity contribution in [3.63, 3.8) is 0 Å². The molecule has 0 amide bonds. The van der Waals surface area contributed by atoms with Crippen LogP contribution in [-0.4, -0.2) is 33.2 Å². The lowest BCUT2D eigenvalue weighted by Gasteiger charge is -2.07. The highest BCUT2D eigenvalue weighted by Crippen LogP contribution is 2.13. The molecule has 1 rings (SSSR count). The summed E-state index contributed by atoms with van der Waals surface area (Å²) in [6.07, 6.45) is 1.10. The molecule has 0 bridgehead atoms. The molecule has 1 atom stereocenters. The van der Waals surface area contributed by atoms with E-state index in [9.17, 15) is 13.5 Å². The SMILES string of the molecule is CCC(O)CCNCc1ccc(S(=O)(=O)NC)o1. The smallest absolute Gasteiger partial charge is 0.273 e. The Kier molecular flexibility index (Phi) is 5.80. The highest BCUT2D eigenvalue weighted by atomic mass is 32.2. The van der Waals surface area contributed by atoms with E-state index in [2.05, 4.69) is 10.0 Å². The first-order valence-corrected chi connectivity index (χ1v) is 7.39. The molecule has 0 aliphatic rings. The average molecular weight is 276 g/mol. The van der Waals surface area contributed by atoms with Crippen LogP contribution in [0.4, 0.5) is 0 Å². The van der Waals surface area contributed by atoms with Gasteiger partial charge in [-0.15, -0.1) is 0 Å². The molecule has 0 fully saturated rings. The lowest BCUT2D eigenvalue weighted by molar-refractivity contribution is 0.159.